The normalized spacial score (nSPS) is 11.1. The number of esters is 1. The first-order chi connectivity index (χ1) is 13.3. The minimum Gasteiger partial charge on any atom is -0.457 e. The molecule has 0 aromatic heterocycles. The fourth-order valence-corrected chi connectivity index (χ4v) is 2.85. The van der Waals surface area contributed by atoms with Gasteiger partial charge in [-0.1, -0.05) is 87.5 Å². The number of hydrogen-bond donors (Lipinski definition) is 0. The van der Waals surface area contributed by atoms with Gasteiger partial charge in [0.1, 0.15) is 6.61 Å². The number of ether oxygens (including phenoxy) is 1. The topological polar surface area (TPSA) is 43.4 Å². The van der Waals surface area contributed by atoms with Gasteiger partial charge in [0, 0.05) is 11.1 Å². The number of benzene rings is 3. The van der Waals surface area contributed by atoms with E-state index in [9.17, 15) is 9.59 Å². The summed E-state index contributed by atoms with van der Waals surface area (Å²) in [5.74, 6) is -0.474. The van der Waals surface area contributed by atoms with Crippen LogP contribution in [0.25, 0.3) is 0 Å². The standard InChI is InChI=1S/C25H24O3/c1-25(2,3)22-15-9-18(10-16-22)17-28-24(27)21-13-11-20(12-14-21)23(26)19-7-5-4-6-8-19/h4-16H,17H2,1-3H3. The molecule has 0 amide bonds. The Labute approximate surface area is 166 Å². The Bertz CT molecular complexity index is 947. The number of ketones is 1. The summed E-state index contributed by atoms with van der Waals surface area (Å²) in [5.41, 5.74) is 3.86. The van der Waals surface area contributed by atoms with E-state index in [1.165, 1.54) is 5.56 Å². The fourth-order valence-electron chi connectivity index (χ4n) is 2.85. The summed E-state index contributed by atoms with van der Waals surface area (Å²) >= 11 is 0. The number of carbonyl (C=O) groups excluding carboxylic acids is 2. The predicted molar refractivity (Wildman–Crippen MR) is 111 cm³/mol. The van der Waals surface area contributed by atoms with Gasteiger partial charge < -0.3 is 4.74 Å². The lowest BCUT2D eigenvalue weighted by Crippen LogP contribution is -2.11. The average molecular weight is 372 g/mol. The molecule has 142 valence electrons. The second-order valence-electron chi connectivity index (χ2n) is 7.80. The summed E-state index contributed by atoms with van der Waals surface area (Å²) in [4.78, 5) is 24.7. The molecule has 0 N–H and O–H groups in total. The van der Waals surface area contributed by atoms with Gasteiger partial charge in [0.2, 0.25) is 0 Å². The van der Waals surface area contributed by atoms with Gasteiger partial charge in [0.15, 0.2) is 5.78 Å². The Kier molecular flexibility index (Phi) is 5.74. The second-order valence-corrected chi connectivity index (χ2v) is 7.80. The van der Waals surface area contributed by atoms with E-state index in [-0.39, 0.29) is 17.8 Å². The maximum atomic E-state index is 12.4. The summed E-state index contributed by atoms with van der Waals surface area (Å²) in [6.45, 7) is 6.70. The number of carbonyl (C=O) groups is 2. The van der Waals surface area contributed by atoms with Crippen LogP contribution in [0, 0.1) is 0 Å². The molecule has 0 saturated heterocycles. The smallest absolute Gasteiger partial charge is 0.338 e. The van der Waals surface area contributed by atoms with Crippen LogP contribution in [0.5, 0.6) is 0 Å². The lowest BCUT2D eigenvalue weighted by molar-refractivity contribution is 0.0472. The third-order valence-electron chi connectivity index (χ3n) is 4.61. The van der Waals surface area contributed by atoms with Gasteiger partial charge in [-0.3, -0.25) is 4.79 Å². The van der Waals surface area contributed by atoms with Crippen molar-refractivity contribution in [2.24, 2.45) is 0 Å². The molecule has 0 unspecified atom stereocenters. The molecule has 28 heavy (non-hydrogen) atoms. The molecule has 0 aliphatic heterocycles. The highest BCUT2D eigenvalue weighted by molar-refractivity contribution is 6.09. The molecule has 3 rings (SSSR count). The molecule has 0 atom stereocenters. The minimum atomic E-state index is -0.404. The summed E-state index contributed by atoms with van der Waals surface area (Å²) in [5, 5.41) is 0. The molecule has 3 aromatic carbocycles. The van der Waals surface area contributed by atoms with Crippen molar-refractivity contribution in [2.75, 3.05) is 0 Å². The van der Waals surface area contributed by atoms with E-state index >= 15 is 0 Å². The van der Waals surface area contributed by atoms with Crippen molar-refractivity contribution in [1.29, 1.82) is 0 Å². The molecule has 0 aliphatic carbocycles. The van der Waals surface area contributed by atoms with Gasteiger partial charge in [-0.25, -0.2) is 4.79 Å². The summed E-state index contributed by atoms with van der Waals surface area (Å²) in [6, 6.07) is 23.7. The van der Waals surface area contributed by atoms with Crippen LogP contribution >= 0.6 is 0 Å². The monoisotopic (exact) mass is 372 g/mol. The maximum Gasteiger partial charge on any atom is 0.338 e. The molecule has 0 spiro atoms. The van der Waals surface area contributed by atoms with Crippen LogP contribution in [-0.4, -0.2) is 11.8 Å². The summed E-state index contributed by atoms with van der Waals surface area (Å²) < 4.78 is 5.40. The van der Waals surface area contributed by atoms with Crippen molar-refractivity contribution in [3.63, 3.8) is 0 Å². The zero-order valence-electron chi connectivity index (χ0n) is 16.4. The molecule has 0 fully saturated rings. The SMILES string of the molecule is CC(C)(C)c1ccc(COC(=O)c2ccc(C(=O)c3ccccc3)cc2)cc1. The van der Waals surface area contributed by atoms with E-state index in [2.05, 4.69) is 32.9 Å². The van der Waals surface area contributed by atoms with Crippen LogP contribution in [0.4, 0.5) is 0 Å². The van der Waals surface area contributed by atoms with Crippen molar-refractivity contribution in [2.45, 2.75) is 32.8 Å². The summed E-state index contributed by atoms with van der Waals surface area (Å²) in [6.07, 6.45) is 0. The minimum absolute atomic E-state index is 0.0699. The highest BCUT2D eigenvalue weighted by atomic mass is 16.5. The van der Waals surface area contributed by atoms with Crippen LogP contribution in [0.15, 0.2) is 78.9 Å². The molecule has 3 nitrogen and oxygen atoms in total. The first kappa shape index (κ1) is 19.6. The lowest BCUT2D eigenvalue weighted by Gasteiger charge is -2.19. The van der Waals surface area contributed by atoms with Gasteiger partial charge in [0.05, 0.1) is 5.56 Å². The maximum absolute atomic E-state index is 12.4. The Morgan fingerprint density at radius 1 is 0.714 bits per heavy atom. The average Bonchev–Trinajstić information content (AvgIpc) is 2.72. The molecule has 0 saturated carbocycles. The van der Waals surface area contributed by atoms with E-state index in [0.717, 1.165) is 5.56 Å². The van der Waals surface area contributed by atoms with E-state index < -0.39 is 5.97 Å². The third kappa shape index (κ3) is 4.74. The Morgan fingerprint density at radius 2 is 1.25 bits per heavy atom. The van der Waals surface area contributed by atoms with Crippen molar-refractivity contribution < 1.29 is 14.3 Å². The van der Waals surface area contributed by atoms with Crippen molar-refractivity contribution in [3.8, 4) is 0 Å². The Morgan fingerprint density at radius 3 is 1.82 bits per heavy atom. The predicted octanol–water partition coefficient (Wildman–Crippen LogP) is 5.57. The zero-order valence-corrected chi connectivity index (χ0v) is 16.4. The molecule has 0 aliphatic rings. The van der Waals surface area contributed by atoms with Crippen molar-refractivity contribution >= 4 is 11.8 Å². The zero-order chi connectivity index (χ0) is 20.1. The van der Waals surface area contributed by atoms with Gasteiger partial charge in [-0.2, -0.15) is 0 Å². The van der Waals surface area contributed by atoms with E-state index in [1.54, 1.807) is 36.4 Å². The van der Waals surface area contributed by atoms with Crippen LogP contribution < -0.4 is 0 Å². The van der Waals surface area contributed by atoms with E-state index in [1.807, 2.05) is 30.3 Å². The van der Waals surface area contributed by atoms with Gasteiger partial charge in [-0.15, -0.1) is 0 Å². The number of rotatable bonds is 5. The highest BCUT2D eigenvalue weighted by Crippen LogP contribution is 2.22. The Balaban J connectivity index is 1.61. The fraction of sp³-hybridized carbons (Fsp3) is 0.200. The van der Waals surface area contributed by atoms with E-state index in [0.29, 0.717) is 16.7 Å². The highest BCUT2D eigenvalue weighted by Gasteiger charge is 2.14. The molecular weight excluding hydrogens is 348 g/mol. The first-order valence-corrected chi connectivity index (χ1v) is 9.31. The molecule has 0 heterocycles. The largest absolute Gasteiger partial charge is 0.457 e. The van der Waals surface area contributed by atoms with Crippen molar-refractivity contribution in [1.82, 2.24) is 0 Å². The third-order valence-corrected chi connectivity index (χ3v) is 4.61. The van der Waals surface area contributed by atoms with Crippen LogP contribution in [0.1, 0.15) is 58.2 Å². The van der Waals surface area contributed by atoms with Gasteiger partial charge in [-0.05, 0) is 28.7 Å². The van der Waals surface area contributed by atoms with Gasteiger partial charge in [0.25, 0.3) is 0 Å². The van der Waals surface area contributed by atoms with Crippen molar-refractivity contribution in [3.05, 3.63) is 107 Å². The number of hydrogen-bond acceptors (Lipinski definition) is 3. The molecule has 0 radical (unpaired) electrons. The van der Waals surface area contributed by atoms with Crippen LogP contribution in [-0.2, 0) is 16.8 Å². The van der Waals surface area contributed by atoms with Gasteiger partial charge >= 0.3 is 5.97 Å². The van der Waals surface area contributed by atoms with Crippen LogP contribution in [0.3, 0.4) is 0 Å². The second kappa shape index (κ2) is 8.22. The summed E-state index contributed by atoms with van der Waals surface area (Å²) in [7, 11) is 0. The first-order valence-electron chi connectivity index (χ1n) is 9.31. The van der Waals surface area contributed by atoms with E-state index in [4.69, 9.17) is 4.74 Å². The Hall–Kier alpha value is -3.20. The lowest BCUT2D eigenvalue weighted by atomic mass is 9.87. The molecule has 3 aromatic rings. The van der Waals surface area contributed by atoms with Crippen LogP contribution in [0.2, 0.25) is 0 Å². The molecule has 3 heteroatoms. The molecule has 0 bridgehead atoms. The molecular formula is C25H24O3. The quantitative estimate of drug-likeness (QED) is 0.434.